The van der Waals surface area contributed by atoms with Gasteiger partial charge in [0, 0.05) is 24.1 Å². The number of amides is 1. The fourth-order valence-electron chi connectivity index (χ4n) is 2.43. The van der Waals surface area contributed by atoms with E-state index in [0.29, 0.717) is 11.7 Å². The normalized spacial score (nSPS) is 23.1. The van der Waals surface area contributed by atoms with Crippen LogP contribution in [0.1, 0.15) is 36.4 Å². The molecule has 1 atom stereocenters. The molecule has 1 unspecified atom stereocenters. The Labute approximate surface area is 107 Å². The molecule has 3 rings (SSSR count). The summed E-state index contributed by atoms with van der Waals surface area (Å²) in [5.41, 5.74) is 2.25. The monoisotopic (exact) mass is 246 g/mol. The van der Waals surface area contributed by atoms with E-state index in [4.69, 9.17) is 4.74 Å². The van der Waals surface area contributed by atoms with Crippen LogP contribution in [0, 0.1) is 12.8 Å². The van der Waals surface area contributed by atoms with Gasteiger partial charge in [-0.25, -0.2) is 4.98 Å². The summed E-state index contributed by atoms with van der Waals surface area (Å²) in [6.45, 7) is 3.63. The third kappa shape index (κ3) is 2.38. The first kappa shape index (κ1) is 11.7. The van der Waals surface area contributed by atoms with Gasteiger partial charge in [0.25, 0.3) is 0 Å². The van der Waals surface area contributed by atoms with Crippen LogP contribution in [0.15, 0.2) is 12.1 Å². The van der Waals surface area contributed by atoms with E-state index in [9.17, 15) is 4.79 Å². The molecule has 1 N–H and O–H groups in total. The second-order valence-corrected chi connectivity index (χ2v) is 5.20. The van der Waals surface area contributed by atoms with E-state index in [1.165, 1.54) is 5.56 Å². The van der Waals surface area contributed by atoms with Crippen LogP contribution in [0.4, 0.5) is 5.82 Å². The van der Waals surface area contributed by atoms with E-state index in [-0.39, 0.29) is 11.8 Å². The highest BCUT2D eigenvalue weighted by atomic mass is 16.5. The lowest BCUT2D eigenvalue weighted by Crippen LogP contribution is -2.15. The summed E-state index contributed by atoms with van der Waals surface area (Å²) in [5, 5.41) is 2.88. The fourth-order valence-corrected chi connectivity index (χ4v) is 2.43. The largest absolute Gasteiger partial charge is 0.381 e. The minimum Gasteiger partial charge on any atom is -0.381 e. The van der Waals surface area contributed by atoms with Gasteiger partial charge in [-0.2, -0.15) is 0 Å². The van der Waals surface area contributed by atoms with E-state index in [0.717, 1.165) is 38.2 Å². The molecule has 4 heteroatoms. The van der Waals surface area contributed by atoms with Crippen LogP contribution in [0.2, 0.25) is 0 Å². The molecule has 1 saturated carbocycles. The minimum atomic E-state index is 0.110. The van der Waals surface area contributed by atoms with Gasteiger partial charge in [-0.1, -0.05) is 6.07 Å². The average molecular weight is 246 g/mol. The molecule has 4 nitrogen and oxygen atoms in total. The Balaban J connectivity index is 1.73. The highest BCUT2D eigenvalue weighted by Gasteiger charge is 2.30. The average Bonchev–Trinajstić information content (AvgIpc) is 3.07. The first-order valence-electron chi connectivity index (χ1n) is 6.60. The number of hydrogen-bond donors (Lipinski definition) is 1. The molecule has 0 bridgehead atoms. The maximum atomic E-state index is 11.7. The Morgan fingerprint density at radius 1 is 1.39 bits per heavy atom. The Bertz CT molecular complexity index is 463. The van der Waals surface area contributed by atoms with Crippen molar-refractivity contribution in [2.45, 2.75) is 32.1 Å². The molecule has 1 aliphatic carbocycles. The predicted molar refractivity (Wildman–Crippen MR) is 68.5 cm³/mol. The summed E-state index contributed by atoms with van der Waals surface area (Å²) in [7, 11) is 0. The molecule has 96 valence electrons. The summed E-state index contributed by atoms with van der Waals surface area (Å²) < 4.78 is 5.40. The van der Waals surface area contributed by atoms with Gasteiger partial charge in [0.1, 0.15) is 5.82 Å². The molecular weight excluding hydrogens is 228 g/mol. The van der Waals surface area contributed by atoms with Crippen molar-refractivity contribution in [1.82, 2.24) is 4.98 Å². The summed E-state index contributed by atoms with van der Waals surface area (Å²) in [6.07, 6.45) is 3.10. The number of ether oxygens (including phenoxy) is 1. The molecule has 1 aromatic heterocycles. The third-order valence-corrected chi connectivity index (χ3v) is 3.70. The number of pyridine rings is 1. The molecule has 0 radical (unpaired) electrons. The highest BCUT2D eigenvalue weighted by molar-refractivity contribution is 5.93. The predicted octanol–water partition coefficient (Wildman–Crippen LogP) is 2.24. The molecule has 0 aromatic carbocycles. The number of nitrogens with one attached hydrogen (secondary N) is 1. The number of rotatable bonds is 3. The number of carbonyl (C=O) groups is 1. The van der Waals surface area contributed by atoms with Crippen LogP contribution in [0.5, 0.6) is 0 Å². The summed E-state index contributed by atoms with van der Waals surface area (Å²) in [6, 6.07) is 3.98. The van der Waals surface area contributed by atoms with Crippen molar-refractivity contribution in [3.8, 4) is 0 Å². The SMILES string of the molecule is Cc1nc(NC(=O)C2CC2)ccc1C1CCOC1. The van der Waals surface area contributed by atoms with Gasteiger partial charge in [0.05, 0.1) is 6.61 Å². The maximum absolute atomic E-state index is 11.7. The zero-order valence-corrected chi connectivity index (χ0v) is 10.6. The second kappa shape index (κ2) is 4.69. The number of carbonyl (C=O) groups excluding carboxylic acids is 1. The second-order valence-electron chi connectivity index (χ2n) is 5.20. The Morgan fingerprint density at radius 3 is 2.83 bits per heavy atom. The lowest BCUT2D eigenvalue weighted by Gasteiger charge is -2.12. The van der Waals surface area contributed by atoms with Crippen LogP contribution in [-0.2, 0) is 9.53 Å². The quantitative estimate of drug-likeness (QED) is 0.890. The maximum Gasteiger partial charge on any atom is 0.228 e. The first-order chi connectivity index (χ1) is 8.74. The zero-order valence-electron chi connectivity index (χ0n) is 10.6. The van der Waals surface area contributed by atoms with Crippen molar-refractivity contribution in [3.63, 3.8) is 0 Å². The molecule has 1 aliphatic heterocycles. The number of aromatic nitrogens is 1. The van der Waals surface area contributed by atoms with Gasteiger partial charge in [0.2, 0.25) is 5.91 Å². The molecule has 2 heterocycles. The van der Waals surface area contributed by atoms with Crippen molar-refractivity contribution in [1.29, 1.82) is 0 Å². The Kier molecular flexibility index (Phi) is 3.04. The third-order valence-electron chi connectivity index (χ3n) is 3.70. The van der Waals surface area contributed by atoms with E-state index in [1.807, 2.05) is 13.0 Å². The summed E-state index contributed by atoms with van der Waals surface area (Å²) in [5.74, 6) is 1.46. The van der Waals surface area contributed by atoms with E-state index in [2.05, 4.69) is 16.4 Å². The number of aryl methyl sites for hydroxylation is 1. The van der Waals surface area contributed by atoms with Gasteiger partial charge in [-0.15, -0.1) is 0 Å². The Hall–Kier alpha value is -1.42. The molecule has 1 saturated heterocycles. The van der Waals surface area contributed by atoms with E-state index < -0.39 is 0 Å². The van der Waals surface area contributed by atoms with Crippen molar-refractivity contribution in [2.24, 2.45) is 5.92 Å². The summed E-state index contributed by atoms with van der Waals surface area (Å²) in [4.78, 5) is 16.1. The highest BCUT2D eigenvalue weighted by Crippen LogP contribution is 2.31. The van der Waals surface area contributed by atoms with E-state index in [1.54, 1.807) is 0 Å². The van der Waals surface area contributed by atoms with Gasteiger partial charge in [-0.3, -0.25) is 4.79 Å². The van der Waals surface area contributed by atoms with Crippen molar-refractivity contribution in [3.05, 3.63) is 23.4 Å². The molecule has 2 fully saturated rings. The fraction of sp³-hybridized carbons (Fsp3) is 0.571. The first-order valence-corrected chi connectivity index (χ1v) is 6.60. The van der Waals surface area contributed by atoms with Gasteiger partial charge < -0.3 is 10.1 Å². The van der Waals surface area contributed by atoms with Gasteiger partial charge in [-0.05, 0) is 37.8 Å². The van der Waals surface area contributed by atoms with Crippen LogP contribution >= 0.6 is 0 Å². The van der Waals surface area contributed by atoms with Gasteiger partial charge in [0.15, 0.2) is 0 Å². The van der Waals surface area contributed by atoms with Crippen LogP contribution in [-0.4, -0.2) is 24.1 Å². The van der Waals surface area contributed by atoms with E-state index >= 15 is 0 Å². The van der Waals surface area contributed by atoms with Crippen molar-refractivity contribution < 1.29 is 9.53 Å². The number of nitrogens with zero attached hydrogens (tertiary/aromatic N) is 1. The Morgan fingerprint density at radius 2 is 2.22 bits per heavy atom. The number of anilines is 1. The van der Waals surface area contributed by atoms with Crippen molar-refractivity contribution in [2.75, 3.05) is 18.5 Å². The van der Waals surface area contributed by atoms with Crippen LogP contribution in [0.3, 0.4) is 0 Å². The molecule has 1 aromatic rings. The topological polar surface area (TPSA) is 51.2 Å². The van der Waals surface area contributed by atoms with Crippen molar-refractivity contribution >= 4 is 11.7 Å². The molecule has 2 aliphatic rings. The smallest absolute Gasteiger partial charge is 0.228 e. The molecule has 1 amide bonds. The lowest BCUT2D eigenvalue weighted by atomic mass is 9.97. The summed E-state index contributed by atoms with van der Waals surface area (Å²) >= 11 is 0. The molecule has 18 heavy (non-hydrogen) atoms. The molecule has 0 spiro atoms. The molecular formula is C14H18N2O2. The number of hydrogen-bond acceptors (Lipinski definition) is 3. The minimum absolute atomic E-state index is 0.110. The standard InChI is InChI=1S/C14H18N2O2/c1-9-12(11-6-7-18-8-11)4-5-13(15-9)16-14(17)10-2-3-10/h4-5,10-11H,2-3,6-8H2,1H3,(H,15,16,17). The zero-order chi connectivity index (χ0) is 12.5. The van der Waals surface area contributed by atoms with Crippen LogP contribution < -0.4 is 5.32 Å². The van der Waals surface area contributed by atoms with Crippen LogP contribution in [0.25, 0.3) is 0 Å². The van der Waals surface area contributed by atoms with Gasteiger partial charge >= 0.3 is 0 Å². The lowest BCUT2D eigenvalue weighted by molar-refractivity contribution is -0.117.